The number of hydrogen-bond acceptors (Lipinski definition) is 4. The lowest BCUT2D eigenvalue weighted by Gasteiger charge is -2.08. The number of aromatic nitrogens is 3. The average molecular weight is 451 g/mol. The van der Waals surface area contributed by atoms with Gasteiger partial charge in [-0.3, -0.25) is 4.79 Å². The molecule has 1 heterocycles. The molecular formula is C19H17BrClN3OS. The van der Waals surface area contributed by atoms with Gasteiger partial charge in [0.25, 0.3) is 0 Å². The minimum atomic E-state index is 0.0630. The molecule has 1 aromatic heterocycles. The van der Waals surface area contributed by atoms with Gasteiger partial charge in [-0.2, -0.15) is 0 Å². The van der Waals surface area contributed by atoms with E-state index in [9.17, 15) is 4.79 Å². The summed E-state index contributed by atoms with van der Waals surface area (Å²) < 4.78 is 2.95. The van der Waals surface area contributed by atoms with Crippen molar-refractivity contribution in [2.75, 3.05) is 5.75 Å². The Hall–Kier alpha value is -1.63. The van der Waals surface area contributed by atoms with E-state index in [1.165, 1.54) is 11.8 Å². The summed E-state index contributed by atoms with van der Waals surface area (Å²) in [6, 6.07) is 13.2. The van der Waals surface area contributed by atoms with Crippen molar-refractivity contribution in [1.82, 2.24) is 14.8 Å². The predicted molar refractivity (Wildman–Crippen MR) is 110 cm³/mol. The van der Waals surface area contributed by atoms with Crippen LogP contribution in [-0.2, 0) is 6.54 Å². The number of rotatable bonds is 6. The Morgan fingerprint density at radius 1 is 1.19 bits per heavy atom. The average Bonchev–Trinajstić information content (AvgIpc) is 3.05. The van der Waals surface area contributed by atoms with Crippen molar-refractivity contribution in [3.8, 4) is 11.4 Å². The summed E-state index contributed by atoms with van der Waals surface area (Å²) >= 11 is 11.0. The molecule has 134 valence electrons. The summed E-state index contributed by atoms with van der Waals surface area (Å²) in [5.41, 5.74) is 2.63. The van der Waals surface area contributed by atoms with E-state index in [2.05, 4.69) is 26.1 Å². The van der Waals surface area contributed by atoms with Crippen molar-refractivity contribution >= 4 is 45.1 Å². The van der Waals surface area contributed by atoms with Crippen LogP contribution in [0.1, 0.15) is 22.8 Å². The van der Waals surface area contributed by atoms with E-state index in [4.69, 9.17) is 11.6 Å². The van der Waals surface area contributed by atoms with Gasteiger partial charge in [-0.25, -0.2) is 0 Å². The number of halogens is 2. The highest BCUT2D eigenvalue weighted by Crippen LogP contribution is 2.27. The molecule has 0 saturated heterocycles. The van der Waals surface area contributed by atoms with E-state index < -0.39 is 0 Å². The zero-order valence-corrected chi connectivity index (χ0v) is 17.5. The number of nitrogens with zero attached hydrogens (tertiary/aromatic N) is 3. The second kappa shape index (κ2) is 8.37. The first-order chi connectivity index (χ1) is 12.5. The molecule has 0 fully saturated rings. The molecule has 0 N–H and O–H groups in total. The number of carbonyl (C=O) groups is 1. The molecule has 0 aliphatic heterocycles. The normalized spacial score (nSPS) is 10.9. The van der Waals surface area contributed by atoms with Crippen LogP contribution in [-0.4, -0.2) is 26.3 Å². The van der Waals surface area contributed by atoms with Gasteiger partial charge in [0.1, 0.15) is 0 Å². The van der Waals surface area contributed by atoms with Crippen LogP contribution < -0.4 is 0 Å². The lowest BCUT2D eigenvalue weighted by Crippen LogP contribution is -2.05. The van der Waals surface area contributed by atoms with E-state index in [1.807, 2.05) is 60.9 Å². The Balaban J connectivity index is 1.78. The van der Waals surface area contributed by atoms with Crippen molar-refractivity contribution in [1.29, 1.82) is 0 Å². The molecule has 0 amide bonds. The van der Waals surface area contributed by atoms with Gasteiger partial charge in [0.2, 0.25) is 0 Å². The Kier molecular flexibility index (Phi) is 6.16. The minimum Gasteiger partial charge on any atom is -0.302 e. The van der Waals surface area contributed by atoms with E-state index in [0.717, 1.165) is 26.6 Å². The first-order valence-electron chi connectivity index (χ1n) is 8.11. The highest BCUT2D eigenvalue weighted by molar-refractivity contribution is 9.10. The standard InChI is InChI=1S/C19H17BrClN3OS/c1-3-24-18(14-5-4-12(2)16(21)10-14)22-23-19(24)26-11-17(25)13-6-8-15(20)9-7-13/h4-10H,3,11H2,1-2H3. The Morgan fingerprint density at radius 3 is 2.58 bits per heavy atom. The molecule has 2 aromatic carbocycles. The van der Waals surface area contributed by atoms with Crippen molar-refractivity contribution in [2.24, 2.45) is 0 Å². The number of benzene rings is 2. The van der Waals surface area contributed by atoms with Crippen molar-refractivity contribution in [3.63, 3.8) is 0 Å². The van der Waals surface area contributed by atoms with E-state index >= 15 is 0 Å². The third kappa shape index (κ3) is 4.19. The molecule has 4 nitrogen and oxygen atoms in total. The van der Waals surface area contributed by atoms with Crippen molar-refractivity contribution in [3.05, 3.63) is 63.1 Å². The molecule has 0 radical (unpaired) electrons. The molecule has 0 spiro atoms. The number of carbonyl (C=O) groups excluding carboxylic acids is 1. The highest BCUT2D eigenvalue weighted by atomic mass is 79.9. The molecule has 0 aliphatic carbocycles. The van der Waals surface area contributed by atoms with Crippen LogP contribution in [0.3, 0.4) is 0 Å². The molecule has 26 heavy (non-hydrogen) atoms. The fourth-order valence-electron chi connectivity index (χ4n) is 2.48. The van der Waals surface area contributed by atoms with Gasteiger partial charge in [0.05, 0.1) is 5.75 Å². The van der Waals surface area contributed by atoms with E-state index in [1.54, 1.807) is 0 Å². The van der Waals surface area contributed by atoms with Crippen LogP contribution in [0.15, 0.2) is 52.1 Å². The van der Waals surface area contributed by atoms with Crippen LogP contribution in [0.5, 0.6) is 0 Å². The topological polar surface area (TPSA) is 47.8 Å². The summed E-state index contributed by atoms with van der Waals surface area (Å²) in [5, 5.41) is 10.0. The van der Waals surface area contributed by atoms with Crippen molar-refractivity contribution < 1.29 is 4.79 Å². The third-order valence-electron chi connectivity index (χ3n) is 3.96. The van der Waals surface area contributed by atoms with E-state index in [-0.39, 0.29) is 5.78 Å². The number of ketones is 1. The maximum absolute atomic E-state index is 12.4. The van der Waals surface area contributed by atoms with Crippen LogP contribution in [0, 0.1) is 6.92 Å². The zero-order chi connectivity index (χ0) is 18.7. The second-order valence-corrected chi connectivity index (χ2v) is 8.00. The Morgan fingerprint density at radius 2 is 1.92 bits per heavy atom. The molecule has 3 rings (SSSR count). The maximum atomic E-state index is 12.4. The number of hydrogen-bond donors (Lipinski definition) is 0. The summed E-state index contributed by atoms with van der Waals surface area (Å²) in [4.78, 5) is 12.4. The van der Waals surface area contributed by atoms with Gasteiger partial charge in [-0.15, -0.1) is 10.2 Å². The largest absolute Gasteiger partial charge is 0.302 e. The molecule has 3 aromatic rings. The summed E-state index contributed by atoms with van der Waals surface area (Å²) in [6.45, 7) is 4.71. The Labute approximate surface area is 170 Å². The van der Waals surface area contributed by atoms with Crippen LogP contribution >= 0.6 is 39.3 Å². The van der Waals surface area contributed by atoms with Crippen molar-refractivity contribution in [2.45, 2.75) is 25.5 Å². The Bertz CT molecular complexity index is 940. The van der Waals surface area contributed by atoms with Gasteiger partial charge < -0.3 is 4.57 Å². The minimum absolute atomic E-state index is 0.0630. The second-order valence-electron chi connectivity index (χ2n) is 5.73. The molecule has 0 atom stereocenters. The smallest absolute Gasteiger partial charge is 0.191 e. The molecule has 7 heteroatoms. The lowest BCUT2D eigenvalue weighted by atomic mass is 10.1. The highest BCUT2D eigenvalue weighted by Gasteiger charge is 2.16. The first kappa shape index (κ1) is 19.1. The lowest BCUT2D eigenvalue weighted by molar-refractivity contribution is 0.102. The maximum Gasteiger partial charge on any atom is 0.191 e. The SMILES string of the molecule is CCn1c(SCC(=O)c2ccc(Br)cc2)nnc1-c1ccc(C)c(Cl)c1. The molecule has 0 bridgehead atoms. The number of Topliss-reactive ketones (excluding diaryl/α,β-unsaturated/α-hetero) is 1. The molecule has 0 unspecified atom stereocenters. The van der Waals surface area contributed by atoms with Gasteiger partial charge in [-0.1, -0.05) is 63.6 Å². The molecule has 0 aliphatic rings. The summed E-state index contributed by atoms with van der Waals surface area (Å²) in [5.74, 6) is 1.13. The molecule has 0 saturated carbocycles. The van der Waals surface area contributed by atoms with Crippen LogP contribution in [0.2, 0.25) is 5.02 Å². The van der Waals surface area contributed by atoms with Gasteiger partial charge >= 0.3 is 0 Å². The van der Waals surface area contributed by atoms with Gasteiger partial charge in [0.15, 0.2) is 16.8 Å². The molecular weight excluding hydrogens is 434 g/mol. The zero-order valence-electron chi connectivity index (χ0n) is 14.4. The quantitative estimate of drug-likeness (QED) is 0.359. The first-order valence-corrected chi connectivity index (χ1v) is 10.3. The fraction of sp³-hybridized carbons (Fsp3) is 0.211. The van der Waals surface area contributed by atoms with E-state index in [0.29, 0.717) is 22.9 Å². The number of aryl methyl sites for hydroxylation is 1. The summed E-state index contributed by atoms with van der Waals surface area (Å²) in [7, 11) is 0. The predicted octanol–water partition coefficient (Wildman–Crippen LogP) is 5.66. The fourth-order valence-corrected chi connectivity index (χ4v) is 3.82. The van der Waals surface area contributed by atoms with Gasteiger partial charge in [-0.05, 0) is 37.6 Å². The monoisotopic (exact) mass is 449 g/mol. The van der Waals surface area contributed by atoms with Crippen LogP contribution in [0.25, 0.3) is 11.4 Å². The van der Waals surface area contributed by atoms with Gasteiger partial charge in [0, 0.05) is 27.2 Å². The third-order valence-corrected chi connectivity index (χ3v) is 5.86. The van der Waals surface area contributed by atoms with Crippen LogP contribution in [0.4, 0.5) is 0 Å². The summed E-state index contributed by atoms with van der Waals surface area (Å²) in [6.07, 6.45) is 0. The number of thioether (sulfide) groups is 1.